The number of alkyl halides is 3. The number of hydrogen-bond acceptors (Lipinski definition) is 5. The predicted molar refractivity (Wildman–Crippen MR) is 152 cm³/mol. The Morgan fingerprint density at radius 1 is 1.07 bits per heavy atom. The molecule has 0 bridgehead atoms. The smallest absolute Gasteiger partial charge is 0.418 e. The van der Waals surface area contributed by atoms with Gasteiger partial charge in [0.05, 0.1) is 29.8 Å². The SMILES string of the molecule is CCOC(=O)C=Cc1cccc(-c2c(CC(=O)Nc3ccc(Cl)cc3C(F)(F)F)c(=O)oc3cc(Cl)c(C)cc23)c1. The third kappa shape index (κ3) is 6.99. The van der Waals surface area contributed by atoms with Gasteiger partial charge in [-0.15, -0.1) is 0 Å². The Morgan fingerprint density at radius 3 is 2.54 bits per heavy atom. The number of hydrogen-bond donors (Lipinski definition) is 1. The Balaban J connectivity index is 1.82. The molecule has 1 heterocycles. The van der Waals surface area contributed by atoms with Crippen molar-refractivity contribution in [2.24, 2.45) is 0 Å². The summed E-state index contributed by atoms with van der Waals surface area (Å²) in [5.74, 6) is -1.42. The Kier molecular flexibility index (Phi) is 8.89. The van der Waals surface area contributed by atoms with Crippen LogP contribution in [0.15, 0.2) is 69.9 Å². The lowest BCUT2D eigenvalue weighted by Gasteiger charge is -2.16. The molecule has 212 valence electrons. The van der Waals surface area contributed by atoms with Gasteiger partial charge in [-0.3, -0.25) is 4.79 Å². The fourth-order valence-electron chi connectivity index (χ4n) is 4.23. The molecule has 1 N–H and O–H groups in total. The quantitative estimate of drug-likeness (QED) is 0.132. The first-order chi connectivity index (χ1) is 19.4. The standard InChI is InChI=1S/C30H22Cl2F3NO5/c1-3-40-27(38)10-7-17-5-4-6-18(12-17)28-20-11-16(2)23(32)15-25(20)41-29(39)21(28)14-26(37)36-24-9-8-19(31)13-22(24)30(33,34)35/h4-13,15H,3,14H2,1-2H3,(H,36,37). The first-order valence-electron chi connectivity index (χ1n) is 12.2. The number of benzene rings is 3. The Morgan fingerprint density at radius 2 is 1.83 bits per heavy atom. The summed E-state index contributed by atoms with van der Waals surface area (Å²) in [6.07, 6.45) is -2.60. The molecule has 0 aliphatic rings. The first-order valence-corrected chi connectivity index (χ1v) is 13.0. The van der Waals surface area contributed by atoms with Gasteiger partial charge in [0.15, 0.2) is 0 Å². The van der Waals surface area contributed by atoms with E-state index in [0.717, 1.165) is 6.07 Å². The highest BCUT2D eigenvalue weighted by Gasteiger charge is 2.34. The van der Waals surface area contributed by atoms with Crippen LogP contribution in [0.5, 0.6) is 0 Å². The van der Waals surface area contributed by atoms with Gasteiger partial charge in [-0.05, 0) is 66.9 Å². The maximum Gasteiger partial charge on any atom is 0.418 e. The van der Waals surface area contributed by atoms with Crippen LogP contribution in [0.1, 0.15) is 29.2 Å². The molecule has 4 aromatic rings. The van der Waals surface area contributed by atoms with Gasteiger partial charge < -0.3 is 14.5 Å². The number of carbonyl (C=O) groups is 2. The van der Waals surface area contributed by atoms with Crippen molar-refractivity contribution in [3.05, 3.63) is 103 Å². The summed E-state index contributed by atoms with van der Waals surface area (Å²) in [6, 6.07) is 12.9. The highest BCUT2D eigenvalue weighted by Crippen LogP contribution is 2.37. The Hall–Kier alpha value is -4.08. The molecule has 0 unspecified atom stereocenters. The minimum absolute atomic E-state index is 0.0780. The number of fused-ring (bicyclic) bond motifs is 1. The van der Waals surface area contributed by atoms with Crippen molar-refractivity contribution in [3.8, 4) is 11.1 Å². The number of aryl methyl sites for hydroxylation is 1. The highest BCUT2D eigenvalue weighted by atomic mass is 35.5. The third-order valence-corrected chi connectivity index (χ3v) is 6.70. The summed E-state index contributed by atoms with van der Waals surface area (Å²) in [4.78, 5) is 38.1. The van der Waals surface area contributed by atoms with Crippen molar-refractivity contribution in [1.82, 2.24) is 0 Å². The zero-order valence-electron chi connectivity index (χ0n) is 21.7. The monoisotopic (exact) mass is 603 g/mol. The van der Waals surface area contributed by atoms with Crippen molar-refractivity contribution in [3.63, 3.8) is 0 Å². The van der Waals surface area contributed by atoms with E-state index < -0.39 is 41.4 Å². The minimum atomic E-state index is -4.78. The number of carbonyl (C=O) groups excluding carboxylic acids is 2. The number of amides is 1. The van der Waals surface area contributed by atoms with E-state index in [4.69, 9.17) is 32.4 Å². The predicted octanol–water partition coefficient (Wildman–Crippen LogP) is 7.85. The van der Waals surface area contributed by atoms with Gasteiger partial charge in [0.2, 0.25) is 5.91 Å². The number of rotatable bonds is 7. The van der Waals surface area contributed by atoms with Crippen LogP contribution in [0.25, 0.3) is 28.2 Å². The van der Waals surface area contributed by atoms with E-state index in [1.807, 2.05) is 0 Å². The summed E-state index contributed by atoms with van der Waals surface area (Å²) in [7, 11) is 0. The van der Waals surface area contributed by atoms with Crippen LogP contribution >= 0.6 is 23.2 Å². The molecule has 0 saturated carbocycles. The van der Waals surface area contributed by atoms with Gasteiger partial charge >= 0.3 is 17.8 Å². The van der Waals surface area contributed by atoms with Crippen LogP contribution < -0.4 is 10.9 Å². The molecular formula is C30H22Cl2F3NO5. The van der Waals surface area contributed by atoms with Gasteiger partial charge in [0.1, 0.15) is 5.58 Å². The van der Waals surface area contributed by atoms with Gasteiger partial charge in [-0.25, -0.2) is 9.59 Å². The lowest BCUT2D eigenvalue weighted by atomic mass is 9.93. The molecule has 0 radical (unpaired) electrons. The minimum Gasteiger partial charge on any atom is -0.463 e. The van der Waals surface area contributed by atoms with Crippen LogP contribution in [-0.2, 0) is 26.9 Å². The highest BCUT2D eigenvalue weighted by molar-refractivity contribution is 6.32. The summed E-state index contributed by atoms with van der Waals surface area (Å²) in [6.45, 7) is 3.64. The summed E-state index contributed by atoms with van der Waals surface area (Å²) in [5, 5.41) is 2.90. The van der Waals surface area contributed by atoms with Gasteiger partial charge in [0.25, 0.3) is 0 Å². The number of ether oxygens (including phenoxy) is 1. The lowest BCUT2D eigenvalue weighted by Crippen LogP contribution is -2.22. The summed E-state index contributed by atoms with van der Waals surface area (Å²) >= 11 is 12.0. The maximum atomic E-state index is 13.6. The fraction of sp³-hybridized carbons (Fsp3) is 0.167. The van der Waals surface area contributed by atoms with E-state index in [0.29, 0.717) is 38.7 Å². The second kappa shape index (κ2) is 12.2. The van der Waals surface area contributed by atoms with Crippen molar-refractivity contribution in [2.45, 2.75) is 26.4 Å². The molecule has 0 fully saturated rings. The molecule has 6 nitrogen and oxygen atoms in total. The second-order valence-corrected chi connectivity index (χ2v) is 9.81. The average Bonchev–Trinajstić information content (AvgIpc) is 2.90. The van der Waals surface area contributed by atoms with E-state index in [1.54, 1.807) is 44.2 Å². The second-order valence-electron chi connectivity index (χ2n) is 8.96. The Bertz CT molecular complexity index is 1750. The van der Waals surface area contributed by atoms with E-state index in [2.05, 4.69) is 5.32 Å². The summed E-state index contributed by atoms with van der Waals surface area (Å²) in [5.41, 5.74) is -0.316. The molecule has 0 aliphatic carbocycles. The van der Waals surface area contributed by atoms with E-state index in [1.165, 1.54) is 24.3 Å². The lowest BCUT2D eigenvalue weighted by molar-refractivity contribution is -0.138. The van der Waals surface area contributed by atoms with E-state index in [-0.39, 0.29) is 22.8 Å². The molecule has 3 aromatic carbocycles. The number of esters is 1. The first kappa shape index (κ1) is 29.9. The number of nitrogens with one attached hydrogen (secondary N) is 1. The van der Waals surface area contributed by atoms with Gasteiger partial charge in [-0.2, -0.15) is 13.2 Å². The average molecular weight is 604 g/mol. The Labute approximate surface area is 242 Å². The molecule has 4 rings (SSSR count). The van der Waals surface area contributed by atoms with Crippen molar-refractivity contribution in [1.29, 1.82) is 0 Å². The molecule has 0 atom stereocenters. The van der Waals surface area contributed by atoms with Crippen LogP contribution in [-0.4, -0.2) is 18.5 Å². The molecule has 11 heteroatoms. The topological polar surface area (TPSA) is 85.6 Å². The number of halogens is 5. The normalized spacial score (nSPS) is 11.7. The molecule has 1 aromatic heterocycles. The number of anilines is 1. The van der Waals surface area contributed by atoms with Crippen LogP contribution in [0.3, 0.4) is 0 Å². The van der Waals surface area contributed by atoms with Gasteiger partial charge in [-0.1, -0.05) is 41.4 Å². The molecular weight excluding hydrogens is 582 g/mol. The molecule has 1 amide bonds. The van der Waals surface area contributed by atoms with Crippen LogP contribution in [0.4, 0.5) is 18.9 Å². The van der Waals surface area contributed by atoms with Crippen LogP contribution in [0, 0.1) is 6.92 Å². The molecule has 0 saturated heterocycles. The molecule has 41 heavy (non-hydrogen) atoms. The van der Waals surface area contributed by atoms with Crippen molar-refractivity contribution in [2.75, 3.05) is 11.9 Å². The van der Waals surface area contributed by atoms with E-state index in [9.17, 15) is 27.6 Å². The molecule has 0 aliphatic heterocycles. The van der Waals surface area contributed by atoms with E-state index >= 15 is 0 Å². The van der Waals surface area contributed by atoms with Crippen molar-refractivity contribution < 1.29 is 31.9 Å². The molecule has 0 spiro atoms. The largest absolute Gasteiger partial charge is 0.463 e. The summed E-state index contributed by atoms with van der Waals surface area (Å²) < 4.78 is 51.1. The zero-order valence-corrected chi connectivity index (χ0v) is 23.2. The maximum absolute atomic E-state index is 13.6. The van der Waals surface area contributed by atoms with Crippen molar-refractivity contribution >= 4 is 57.8 Å². The van der Waals surface area contributed by atoms with Gasteiger partial charge in [0, 0.05) is 33.1 Å². The third-order valence-electron chi connectivity index (χ3n) is 6.05. The van der Waals surface area contributed by atoms with Crippen LogP contribution in [0.2, 0.25) is 10.0 Å². The zero-order chi connectivity index (χ0) is 29.9. The fourth-order valence-corrected chi connectivity index (χ4v) is 4.55.